The Morgan fingerprint density at radius 2 is 1.81 bits per heavy atom. The third-order valence-corrected chi connectivity index (χ3v) is 4.90. The minimum absolute atomic E-state index is 0.0573. The van der Waals surface area contributed by atoms with Gasteiger partial charge in [-0.3, -0.25) is 14.4 Å². The Morgan fingerprint density at radius 1 is 1.22 bits per heavy atom. The maximum atomic E-state index is 12.1. The van der Waals surface area contributed by atoms with E-state index in [1.165, 1.54) is 0 Å². The molecule has 1 saturated carbocycles. The summed E-state index contributed by atoms with van der Waals surface area (Å²) >= 11 is 0. The second kappa shape index (κ2) is 19.1. The number of hydrogen-bond donors (Lipinski definition) is 2. The Hall–Kier alpha value is -1.68. The van der Waals surface area contributed by atoms with Gasteiger partial charge in [0.25, 0.3) is 0 Å². The molecule has 0 bridgehead atoms. The first-order chi connectivity index (χ1) is 13.1. The molecular weight excluding hydrogens is 361 g/mol. The molecule has 7 heteroatoms. The molecule has 1 unspecified atom stereocenters. The van der Waals surface area contributed by atoms with Crippen LogP contribution in [-0.2, 0) is 14.4 Å². The summed E-state index contributed by atoms with van der Waals surface area (Å²) in [6, 6.07) is 0.162. The van der Waals surface area contributed by atoms with E-state index < -0.39 is 0 Å². The molecule has 2 aliphatic rings. The van der Waals surface area contributed by atoms with Gasteiger partial charge in [-0.2, -0.15) is 0 Å². The van der Waals surface area contributed by atoms with Crippen molar-refractivity contribution in [3.63, 3.8) is 0 Å². The summed E-state index contributed by atoms with van der Waals surface area (Å²) in [5.74, 6) is 0.201. The summed E-state index contributed by atoms with van der Waals surface area (Å²) in [6.07, 6.45) is 8.94. The van der Waals surface area contributed by atoms with E-state index in [0.29, 0.717) is 18.9 Å². The van der Waals surface area contributed by atoms with Crippen molar-refractivity contribution in [3.05, 3.63) is 25.8 Å². The van der Waals surface area contributed by atoms with Gasteiger partial charge in [0.1, 0.15) is 6.04 Å². The number of rotatable bonds is 8. The maximum absolute atomic E-state index is 12.1. The van der Waals surface area contributed by atoms with Gasteiger partial charge in [0, 0.05) is 26.1 Å². The van der Waals surface area contributed by atoms with Gasteiger partial charge in [-0.25, -0.2) is 0 Å². The largest absolute Gasteiger partial charge is 0.362 e. The minimum Gasteiger partial charge on any atom is -0.362 e. The van der Waals surface area contributed by atoms with E-state index in [9.17, 15) is 9.59 Å². The van der Waals surface area contributed by atoms with Crippen molar-refractivity contribution in [1.82, 2.24) is 15.5 Å². The van der Waals surface area contributed by atoms with Crippen LogP contribution in [-0.4, -0.2) is 61.1 Å². The molecule has 0 aromatic rings. The molecule has 1 aliphatic heterocycles. The molecule has 2 fully saturated rings. The van der Waals surface area contributed by atoms with Crippen molar-refractivity contribution in [1.29, 1.82) is 0 Å². The van der Waals surface area contributed by atoms with Crippen molar-refractivity contribution < 1.29 is 14.4 Å². The molecule has 0 aromatic heterocycles. The Kier molecular flexibility index (Phi) is 19.5. The van der Waals surface area contributed by atoms with Crippen LogP contribution in [0, 0.1) is 0 Å². The van der Waals surface area contributed by atoms with Gasteiger partial charge >= 0.3 is 0 Å². The quantitative estimate of drug-likeness (QED) is 0.285. The predicted octanol–water partition coefficient (Wildman–Crippen LogP) is 2.70. The molecule has 0 aromatic carbocycles. The summed E-state index contributed by atoms with van der Waals surface area (Å²) in [4.78, 5) is 35.1. The van der Waals surface area contributed by atoms with Crippen LogP contribution in [0.4, 0.5) is 0 Å². The third kappa shape index (κ3) is 13.2. The molecule has 3 amide bonds. The molecule has 6 nitrogen and oxygen atoms in total. The highest BCUT2D eigenvalue weighted by Gasteiger charge is 2.35. The molecule has 1 heterocycles. The average molecular weight is 400 g/mol. The van der Waals surface area contributed by atoms with E-state index >= 15 is 0 Å². The topological polar surface area (TPSA) is 78.5 Å². The second-order valence-corrected chi connectivity index (χ2v) is 7.09. The Morgan fingerprint density at radius 3 is 2.30 bits per heavy atom. The highest BCUT2D eigenvalue weighted by molar-refractivity contribution is 7.38. The van der Waals surface area contributed by atoms with E-state index in [0.717, 1.165) is 53.1 Å². The maximum Gasteiger partial charge on any atom is 0.243 e. The Bertz CT molecular complexity index is 429. The van der Waals surface area contributed by atoms with E-state index in [4.69, 9.17) is 4.79 Å². The second-order valence-electron chi connectivity index (χ2n) is 5.68. The van der Waals surface area contributed by atoms with Gasteiger partial charge < -0.3 is 15.5 Å². The predicted molar refractivity (Wildman–Crippen MR) is 116 cm³/mol. The van der Waals surface area contributed by atoms with Gasteiger partial charge in [-0.05, 0) is 38.0 Å². The molecule has 2 atom stereocenters. The van der Waals surface area contributed by atoms with Crippen molar-refractivity contribution >= 4 is 26.8 Å². The van der Waals surface area contributed by atoms with Crippen LogP contribution in [0.3, 0.4) is 0 Å². The molecule has 1 aliphatic carbocycles. The Balaban J connectivity index is 0. The lowest BCUT2D eigenvalue weighted by Gasteiger charge is -2.24. The van der Waals surface area contributed by atoms with E-state index in [1.54, 1.807) is 11.9 Å². The smallest absolute Gasteiger partial charge is 0.243 e. The van der Waals surface area contributed by atoms with Crippen LogP contribution in [0.1, 0.15) is 46.0 Å². The average Bonchev–Trinajstić information content (AvgIpc) is 3.39. The Labute approximate surface area is 167 Å². The number of allylic oxidation sites excluding steroid dienone is 1. The normalized spacial score (nSPS) is 17.3. The standard InChI is InChI=1S/C14H23N2O2P.C2H5NO.C2H6.C2H4/c1-2-9-19-10-7-13(17)16-8-3-4-12(16)14(18)15-11-5-6-11;1-3-2-4;2*1-2/h2,11-12,19H,1,3-10H2,(H,15,18);2H,1H3,(H,3,4);1-2H3;1-2H2/t12-;;;/m0.../s1. The zero-order valence-electron chi connectivity index (χ0n) is 17.3. The highest BCUT2D eigenvalue weighted by atomic mass is 31.1. The summed E-state index contributed by atoms with van der Waals surface area (Å²) in [7, 11) is 2.33. The van der Waals surface area contributed by atoms with Gasteiger partial charge in [0.2, 0.25) is 18.2 Å². The number of amides is 3. The summed E-state index contributed by atoms with van der Waals surface area (Å²) in [6.45, 7) is 14.4. The van der Waals surface area contributed by atoms with Gasteiger partial charge in [0.05, 0.1) is 0 Å². The highest BCUT2D eigenvalue weighted by Crippen LogP contribution is 2.23. The lowest BCUT2D eigenvalue weighted by molar-refractivity contribution is -0.138. The number of carbonyl (C=O) groups is 3. The first-order valence-electron chi connectivity index (χ1n) is 9.66. The minimum atomic E-state index is -0.212. The van der Waals surface area contributed by atoms with Crippen LogP contribution >= 0.6 is 8.58 Å². The number of hydrogen-bond acceptors (Lipinski definition) is 3. The van der Waals surface area contributed by atoms with Crippen LogP contribution in [0.5, 0.6) is 0 Å². The number of nitrogens with one attached hydrogen (secondary N) is 2. The molecule has 0 radical (unpaired) electrons. The number of carbonyl (C=O) groups excluding carboxylic acids is 3. The van der Waals surface area contributed by atoms with Crippen molar-refractivity contribution in [2.24, 2.45) is 0 Å². The van der Waals surface area contributed by atoms with Crippen LogP contribution < -0.4 is 10.6 Å². The van der Waals surface area contributed by atoms with Gasteiger partial charge in [-0.15, -0.1) is 28.3 Å². The van der Waals surface area contributed by atoms with Crippen LogP contribution in [0.25, 0.3) is 0 Å². The molecule has 2 N–H and O–H groups in total. The molecule has 0 spiro atoms. The van der Waals surface area contributed by atoms with E-state index in [-0.39, 0.29) is 17.9 Å². The fraction of sp³-hybridized carbons (Fsp3) is 0.650. The number of likely N-dealkylation sites (tertiary alicyclic amines) is 1. The molecule has 27 heavy (non-hydrogen) atoms. The summed E-state index contributed by atoms with van der Waals surface area (Å²) in [5.41, 5.74) is 0. The van der Waals surface area contributed by atoms with Crippen molar-refractivity contribution in [2.45, 2.75) is 58.0 Å². The molecule has 2 rings (SSSR count). The molecule has 1 saturated heterocycles. The third-order valence-electron chi connectivity index (χ3n) is 3.72. The van der Waals surface area contributed by atoms with Crippen LogP contribution in [0.2, 0.25) is 0 Å². The first-order valence-corrected chi connectivity index (χ1v) is 11.1. The fourth-order valence-corrected chi connectivity index (χ4v) is 3.20. The first kappa shape index (κ1) is 27.5. The number of nitrogens with zero attached hydrogens (tertiary/aromatic N) is 1. The molecular formula is C20H38N3O3P. The van der Waals surface area contributed by atoms with E-state index in [2.05, 4.69) is 30.4 Å². The lowest BCUT2D eigenvalue weighted by Crippen LogP contribution is -2.46. The monoisotopic (exact) mass is 399 g/mol. The fourth-order valence-electron chi connectivity index (χ4n) is 2.41. The van der Waals surface area contributed by atoms with Gasteiger partial charge in [0.15, 0.2) is 0 Å². The molecule has 156 valence electrons. The zero-order chi connectivity index (χ0) is 21.1. The van der Waals surface area contributed by atoms with Gasteiger partial charge in [-0.1, -0.05) is 19.9 Å². The van der Waals surface area contributed by atoms with Crippen molar-refractivity contribution in [2.75, 3.05) is 25.9 Å². The lowest BCUT2D eigenvalue weighted by atomic mass is 10.2. The SMILES string of the molecule is C=C.C=CCPCCC(=O)N1CCC[C@H]1C(=O)NC1CC1.CC.CNC=O. The summed E-state index contributed by atoms with van der Waals surface area (Å²) < 4.78 is 0. The van der Waals surface area contributed by atoms with Crippen molar-refractivity contribution in [3.8, 4) is 0 Å². The van der Waals surface area contributed by atoms with Crippen LogP contribution in [0.15, 0.2) is 25.8 Å². The zero-order valence-corrected chi connectivity index (χ0v) is 18.3. The summed E-state index contributed by atoms with van der Waals surface area (Å²) in [5, 5.41) is 5.26. The van der Waals surface area contributed by atoms with E-state index in [1.807, 2.05) is 19.9 Å².